The molecule has 0 saturated heterocycles. The van der Waals surface area contributed by atoms with Crippen LogP contribution in [-0.4, -0.2) is 34.7 Å². The standard InChI is InChI=1S/C16H23NO3/c1-5-13(15(18)19)17(4)10-12-8-6-7-11-9-16(2,3)20-14(11)12/h6-8,13H,5,9-10H2,1-4H3,(H,18,19). The molecule has 1 aromatic rings. The minimum absolute atomic E-state index is 0.173. The number of rotatable bonds is 5. The van der Waals surface area contributed by atoms with Gasteiger partial charge < -0.3 is 9.84 Å². The topological polar surface area (TPSA) is 49.8 Å². The van der Waals surface area contributed by atoms with Crippen molar-refractivity contribution in [2.24, 2.45) is 0 Å². The quantitative estimate of drug-likeness (QED) is 0.899. The summed E-state index contributed by atoms with van der Waals surface area (Å²) in [7, 11) is 1.85. The molecule has 0 saturated carbocycles. The normalized spacial score (nSPS) is 17.6. The highest BCUT2D eigenvalue weighted by molar-refractivity contribution is 5.73. The lowest BCUT2D eigenvalue weighted by atomic mass is 10.0. The van der Waals surface area contributed by atoms with E-state index in [1.807, 2.05) is 31.0 Å². The van der Waals surface area contributed by atoms with Gasteiger partial charge in [-0.2, -0.15) is 0 Å². The third-order valence-corrected chi connectivity index (χ3v) is 3.80. The van der Waals surface area contributed by atoms with E-state index >= 15 is 0 Å². The van der Waals surface area contributed by atoms with Gasteiger partial charge in [-0.15, -0.1) is 0 Å². The van der Waals surface area contributed by atoms with Crippen LogP contribution in [0.25, 0.3) is 0 Å². The molecular formula is C16H23NO3. The van der Waals surface area contributed by atoms with Gasteiger partial charge in [0.1, 0.15) is 17.4 Å². The number of hydrogen-bond acceptors (Lipinski definition) is 3. The Bertz CT molecular complexity index is 510. The second-order valence-electron chi connectivity index (χ2n) is 6.12. The number of likely N-dealkylation sites (N-methyl/N-ethyl adjacent to an activating group) is 1. The Labute approximate surface area is 120 Å². The third kappa shape index (κ3) is 2.96. The van der Waals surface area contributed by atoms with Gasteiger partial charge in [-0.1, -0.05) is 25.1 Å². The summed E-state index contributed by atoms with van der Waals surface area (Å²) in [6.07, 6.45) is 1.49. The van der Waals surface area contributed by atoms with E-state index in [0.717, 1.165) is 17.7 Å². The monoisotopic (exact) mass is 277 g/mol. The van der Waals surface area contributed by atoms with Crippen LogP contribution in [0.2, 0.25) is 0 Å². The van der Waals surface area contributed by atoms with Crippen molar-refractivity contribution >= 4 is 5.97 Å². The third-order valence-electron chi connectivity index (χ3n) is 3.80. The molecule has 0 spiro atoms. The van der Waals surface area contributed by atoms with Crippen LogP contribution in [0.15, 0.2) is 18.2 Å². The van der Waals surface area contributed by atoms with Crippen molar-refractivity contribution in [1.82, 2.24) is 4.90 Å². The van der Waals surface area contributed by atoms with Crippen molar-refractivity contribution in [3.8, 4) is 5.75 Å². The van der Waals surface area contributed by atoms with Gasteiger partial charge in [-0.25, -0.2) is 0 Å². The van der Waals surface area contributed by atoms with Crippen molar-refractivity contribution in [2.45, 2.75) is 51.8 Å². The van der Waals surface area contributed by atoms with Crippen LogP contribution in [0, 0.1) is 0 Å². The van der Waals surface area contributed by atoms with E-state index in [-0.39, 0.29) is 5.60 Å². The second-order valence-corrected chi connectivity index (χ2v) is 6.12. The molecule has 0 fully saturated rings. The van der Waals surface area contributed by atoms with E-state index < -0.39 is 12.0 Å². The van der Waals surface area contributed by atoms with E-state index in [1.165, 1.54) is 5.56 Å². The van der Waals surface area contributed by atoms with Gasteiger partial charge in [0.15, 0.2) is 0 Å². The van der Waals surface area contributed by atoms with Crippen molar-refractivity contribution in [3.05, 3.63) is 29.3 Å². The highest BCUT2D eigenvalue weighted by Gasteiger charge is 2.32. The Kier molecular flexibility index (Phi) is 4.04. The van der Waals surface area contributed by atoms with E-state index in [0.29, 0.717) is 13.0 Å². The molecule has 1 aromatic carbocycles. The van der Waals surface area contributed by atoms with Crippen molar-refractivity contribution in [2.75, 3.05) is 7.05 Å². The van der Waals surface area contributed by atoms with Crippen LogP contribution in [0.4, 0.5) is 0 Å². The zero-order chi connectivity index (χ0) is 14.9. The second kappa shape index (κ2) is 5.44. The van der Waals surface area contributed by atoms with Crippen LogP contribution < -0.4 is 4.74 Å². The smallest absolute Gasteiger partial charge is 0.320 e. The molecular weight excluding hydrogens is 254 g/mol. The van der Waals surface area contributed by atoms with Crippen LogP contribution in [-0.2, 0) is 17.8 Å². The van der Waals surface area contributed by atoms with Gasteiger partial charge in [-0.3, -0.25) is 9.69 Å². The summed E-state index contributed by atoms with van der Waals surface area (Å²) in [5.74, 6) is 0.161. The Morgan fingerprint density at radius 2 is 2.20 bits per heavy atom. The largest absolute Gasteiger partial charge is 0.487 e. The number of hydrogen-bond donors (Lipinski definition) is 1. The molecule has 0 bridgehead atoms. The first-order valence-corrected chi connectivity index (χ1v) is 7.07. The minimum Gasteiger partial charge on any atom is -0.487 e. The van der Waals surface area contributed by atoms with Crippen LogP contribution in [0.1, 0.15) is 38.3 Å². The molecule has 1 aliphatic rings. The molecule has 1 atom stereocenters. The van der Waals surface area contributed by atoms with Gasteiger partial charge in [0, 0.05) is 18.5 Å². The van der Waals surface area contributed by atoms with Crippen LogP contribution >= 0.6 is 0 Å². The summed E-state index contributed by atoms with van der Waals surface area (Å²) in [6, 6.07) is 5.67. The fourth-order valence-corrected chi connectivity index (χ4v) is 2.86. The Balaban J connectivity index is 2.20. The van der Waals surface area contributed by atoms with Gasteiger partial charge in [0.05, 0.1) is 0 Å². The average Bonchev–Trinajstić information content (AvgIpc) is 2.64. The Morgan fingerprint density at radius 1 is 1.50 bits per heavy atom. The van der Waals surface area contributed by atoms with Crippen LogP contribution in [0.5, 0.6) is 5.75 Å². The highest BCUT2D eigenvalue weighted by atomic mass is 16.5. The summed E-state index contributed by atoms with van der Waals surface area (Å²) in [6.45, 7) is 6.63. The Morgan fingerprint density at radius 3 is 2.80 bits per heavy atom. The molecule has 4 nitrogen and oxygen atoms in total. The molecule has 0 radical (unpaired) electrons. The number of benzene rings is 1. The van der Waals surface area contributed by atoms with Crippen molar-refractivity contribution < 1.29 is 14.6 Å². The summed E-state index contributed by atoms with van der Waals surface area (Å²) < 4.78 is 6.03. The summed E-state index contributed by atoms with van der Waals surface area (Å²) in [5, 5.41) is 9.23. The first-order chi connectivity index (χ1) is 9.34. The summed E-state index contributed by atoms with van der Waals surface area (Å²) in [5.41, 5.74) is 2.10. The maximum absolute atomic E-state index is 11.2. The fraction of sp³-hybridized carbons (Fsp3) is 0.562. The molecule has 1 heterocycles. The number of nitrogens with zero attached hydrogens (tertiary/aromatic N) is 1. The number of ether oxygens (including phenoxy) is 1. The number of carboxylic acid groups (broad SMARTS) is 1. The molecule has 1 unspecified atom stereocenters. The van der Waals surface area contributed by atoms with Crippen molar-refractivity contribution in [3.63, 3.8) is 0 Å². The summed E-state index contributed by atoms with van der Waals surface area (Å²) >= 11 is 0. The molecule has 110 valence electrons. The number of carboxylic acids is 1. The molecule has 4 heteroatoms. The predicted octanol–water partition coefficient (Wildman–Crippen LogP) is 2.70. The zero-order valence-corrected chi connectivity index (χ0v) is 12.6. The number of fused-ring (bicyclic) bond motifs is 1. The van der Waals surface area contributed by atoms with Crippen LogP contribution in [0.3, 0.4) is 0 Å². The van der Waals surface area contributed by atoms with E-state index in [4.69, 9.17) is 4.74 Å². The van der Waals surface area contributed by atoms with Gasteiger partial charge in [0.2, 0.25) is 0 Å². The lowest BCUT2D eigenvalue weighted by Gasteiger charge is -2.25. The summed E-state index contributed by atoms with van der Waals surface area (Å²) in [4.78, 5) is 13.1. The molecule has 0 amide bonds. The minimum atomic E-state index is -0.774. The SMILES string of the molecule is CCC(C(=O)O)N(C)Cc1cccc2c1OC(C)(C)C2. The average molecular weight is 277 g/mol. The van der Waals surface area contributed by atoms with Gasteiger partial charge in [-0.05, 0) is 32.9 Å². The molecule has 20 heavy (non-hydrogen) atoms. The van der Waals surface area contributed by atoms with Gasteiger partial charge >= 0.3 is 5.97 Å². The highest BCUT2D eigenvalue weighted by Crippen LogP contribution is 2.38. The zero-order valence-electron chi connectivity index (χ0n) is 12.6. The van der Waals surface area contributed by atoms with Gasteiger partial charge in [0.25, 0.3) is 0 Å². The molecule has 1 N–H and O–H groups in total. The molecule has 0 aromatic heterocycles. The van der Waals surface area contributed by atoms with E-state index in [2.05, 4.69) is 19.9 Å². The number of carbonyl (C=O) groups is 1. The molecule has 0 aliphatic carbocycles. The first-order valence-electron chi connectivity index (χ1n) is 7.07. The molecule has 1 aliphatic heterocycles. The maximum atomic E-state index is 11.2. The lowest BCUT2D eigenvalue weighted by Crippen LogP contribution is -2.37. The number of para-hydroxylation sites is 1. The number of aliphatic carboxylic acids is 1. The predicted molar refractivity (Wildman–Crippen MR) is 78.0 cm³/mol. The first kappa shape index (κ1) is 14.9. The van der Waals surface area contributed by atoms with Crippen molar-refractivity contribution in [1.29, 1.82) is 0 Å². The lowest BCUT2D eigenvalue weighted by molar-refractivity contribution is -0.143. The maximum Gasteiger partial charge on any atom is 0.320 e. The fourth-order valence-electron chi connectivity index (χ4n) is 2.86. The van der Waals surface area contributed by atoms with E-state index in [1.54, 1.807) is 0 Å². The molecule has 2 rings (SSSR count). The van der Waals surface area contributed by atoms with E-state index in [9.17, 15) is 9.90 Å². The Hall–Kier alpha value is -1.55.